The molecule has 12 aromatic carbocycles. The lowest BCUT2D eigenvalue weighted by Crippen LogP contribution is -2.12. The summed E-state index contributed by atoms with van der Waals surface area (Å²) in [5.41, 5.74) is 45.3. The Morgan fingerprint density at radius 1 is 0.300 bits per heavy atom. The van der Waals surface area contributed by atoms with Crippen LogP contribution in [0.25, 0.3) is 177 Å². The number of carbonyl (C=O) groups is 5. The Balaban J connectivity index is 0.000000118. The molecule has 17 N–H and O–H groups in total. The molecule has 16 aromatic rings. The fraction of sp³-hybridized carbons (Fsp3) is 0.0253. The number of nitrogens with two attached hydrogens (primary N) is 6. The highest BCUT2D eigenvalue weighted by Gasteiger charge is 2.33. The van der Waals surface area contributed by atoms with E-state index >= 15 is 0 Å². The first-order chi connectivity index (χ1) is 58.1. The van der Waals surface area contributed by atoms with E-state index in [0.29, 0.717) is 152 Å². The number of rotatable bonds is 21. The molecule has 0 spiro atoms. The Morgan fingerprint density at radius 3 is 0.875 bits per heavy atom. The molecule has 4 aliphatic rings. The predicted molar refractivity (Wildman–Crippen MR) is 444 cm³/mol. The van der Waals surface area contributed by atoms with E-state index < -0.39 is 40.6 Å². The lowest BCUT2D eigenvalue weighted by atomic mass is 9.98. The Labute approximate surface area is 695 Å². The van der Waals surface area contributed by atoms with Gasteiger partial charge in [0.25, 0.3) is 0 Å². The van der Waals surface area contributed by atoms with E-state index in [2.05, 4.69) is 42.5 Å². The Hall–Kier alpha value is -12.4. The van der Waals surface area contributed by atoms with E-state index in [1.807, 2.05) is 50.2 Å². The summed E-state index contributed by atoms with van der Waals surface area (Å²) >= 11 is 2.01. The van der Waals surface area contributed by atoms with Crippen LogP contribution in [-0.4, -0.2) is 99.2 Å². The van der Waals surface area contributed by atoms with Crippen LogP contribution in [0.1, 0.15) is 65.6 Å². The molecule has 35 nitrogen and oxygen atoms in total. The lowest BCUT2D eigenvalue weighted by Gasteiger charge is -2.07. The van der Waals surface area contributed by atoms with Crippen LogP contribution >= 0.6 is 60.2 Å². The van der Waals surface area contributed by atoms with Crippen molar-refractivity contribution in [1.29, 1.82) is 0 Å². The zero-order valence-corrected chi connectivity index (χ0v) is 65.9. The average Bonchev–Trinajstić information content (AvgIpc) is 1.59. The number of benzene rings is 12. The molecular formula is C79H52N14O21S6. The molecular weight excluding hydrogens is 1670 g/mol. The van der Waals surface area contributed by atoms with Crippen molar-refractivity contribution in [2.45, 2.75) is 43.2 Å². The molecule has 20 rings (SSSR count). The topological polar surface area (TPSA) is 555 Å². The predicted octanol–water partition coefficient (Wildman–Crippen LogP) is 15.4. The minimum absolute atomic E-state index is 0.188. The summed E-state index contributed by atoms with van der Waals surface area (Å²) < 4.78 is 44.0. The number of hydrogen-bond acceptors (Lipinski definition) is 34. The monoisotopic (exact) mass is 1720 g/mol. The van der Waals surface area contributed by atoms with Gasteiger partial charge in [-0.25, -0.2) is 65.1 Å². The van der Waals surface area contributed by atoms with Gasteiger partial charge in [0.1, 0.15) is 0 Å². The molecule has 0 fully saturated rings. The molecule has 4 aromatic heterocycles. The number of fused-ring (bicyclic) bond motifs is 16. The van der Waals surface area contributed by atoms with Gasteiger partial charge in [-0.2, -0.15) is 5.90 Å². The van der Waals surface area contributed by atoms with Gasteiger partial charge in [0.05, 0.1) is 155 Å². The SMILES string of the molecule is CC.NC(=O)c1cc2c3c(cc(C(N)=O)cc3c1)-c1nc3cc(SOOO)ccc3nc1-2.NC(=O)c1cc2c3c(cc(S(=O)O)cc3c1)-c1nc3ccc(SOOO)cc3nc1-2.NC(=O)c1cc2c3c(cccc3c1)-c1nc3cc(SOOO)ccc3nc1-2.NOOSc1cc2c3c(cc(C(N)=O)cc3c1)-c1nc3ccc(SOOO)cc3nc1-2. The minimum Gasteiger partial charge on any atom is -0.366 e. The van der Waals surface area contributed by atoms with Crippen molar-refractivity contribution in [2.75, 3.05) is 0 Å². The molecule has 0 aliphatic heterocycles. The smallest absolute Gasteiger partial charge is 0.248 e. The number of primary amides is 5. The van der Waals surface area contributed by atoms with Crippen molar-refractivity contribution < 1.29 is 101 Å². The molecule has 4 heterocycles. The third kappa shape index (κ3) is 15.5. The maximum Gasteiger partial charge on any atom is 0.248 e. The summed E-state index contributed by atoms with van der Waals surface area (Å²) in [6.07, 6.45) is 0. The molecule has 600 valence electrons. The van der Waals surface area contributed by atoms with E-state index in [9.17, 15) is 32.7 Å². The molecule has 5 amide bonds. The number of aromatic nitrogens is 8. The van der Waals surface area contributed by atoms with Gasteiger partial charge in [0, 0.05) is 118 Å². The highest BCUT2D eigenvalue weighted by molar-refractivity contribution is 7.95. The highest BCUT2D eigenvalue weighted by atomic mass is 32.2. The molecule has 4 aliphatic carbocycles. The van der Waals surface area contributed by atoms with Crippen LogP contribution in [0.15, 0.2) is 205 Å². The quantitative estimate of drug-likeness (QED) is 0.0138. The molecule has 0 radical (unpaired) electrons. The summed E-state index contributed by atoms with van der Waals surface area (Å²) in [5.74, 6) is 2.13. The van der Waals surface area contributed by atoms with E-state index in [0.717, 1.165) is 126 Å². The van der Waals surface area contributed by atoms with Crippen LogP contribution in [0.2, 0.25) is 0 Å². The first kappa shape index (κ1) is 81.4. The normalized spacial score (nSPS) is 12.0. The standard InChI is InChI=1S/C20H12N4O5S.C19H12N4O6S2.C19H11N3O6S2.C19H11N3O4S.C2H6/c21-19(25)9-3-8-4-10(20(22)26)6-13-16(8)12(5-9)17-18(13)24-15-7-11(30-29-28-27)1-2-14(15)23-17;20-19(24)9-3-8-4-11(31-28-26-21)6-13-16(8)12(5-9)17-18(13)23-15-7-10(30-29-27-25)1-2-14(15)22-17;20-19(23)9-3-8-4-11(30(25)26)7-13-16(8)12(5-9)17-18(13)21-14-2-1-10(29-28-27-24)6-15(14)22-17;20-19(23)10-6-9-2-1-3-12-16(9)13(7-10)18-17(12)22-15-8-11(27-26-25-24)4-5-14(15)21-18;1-2/h1-7,27H,(H2,21,25)(H2,22,26);1-7,25H,21H2,(H2,20,24);1-7,24H,(H2,20,23)(H,25,26);1-8,24H,(H2,20,23);1-2H3. The first-order valence-electron chi connectivity index (χ1n) is 34.8. The van der Waals surface area contributed by atoms with Crippen LogP contribution in [0, 0.1) is 0 Å². The maximum absolute atomic E-state index is 11.9. The zero-order chi connectivity index (χ0) is 84.1. The molecule has 120 heavy (non-hydrogen) atoms. The molecule has 0 saturated carbocycles. The third-order valence-electron chi connectivity index (χ3n) is 19.1. The largest absolute Gasteiger partial charge is 0.366 e. The summed E-state index contributed by atoms with van der Waals surface area (Å²) in [4.78, 5) is 105. The number of hydrogen-bond donors (Lipinski definition) is 11. The molecule has 41 heteroatoms. The van der Waals surface area contributed by atoms with Crippen LogP contribution in [0.4, 0.5) is 0 Å². The minimum atomic E-state index is -2.21. The Kier molecular flexibility index (Phi) is 23.2. The van der Waals surface area contributed by atoms with Gasteiger partial charge in [-0.05, 0) is 179 Å². The van der Waals surface area contributed by atoms with Gasteiger partial charge in [-0.1, -0.05) is 52.2 Å². The van der Waals surface area contributed by atoms with E-state index in [4.69, 9.17) is 99.8 Å². The maximum atomic E-state index is 11.9. The average molecular weight is 1730 g/mol. The third-order valence-corrected chi connectivity index (χ3v) is 22.6. The molecule has 1 atom stereocenters. The summed E-state index contributed by atoms with van der Waals surface area (Å²) in [5, 5.41) is 54.4. The molecule has 0 bridgehead atoms. The van der Waals surface area contributed by atoms with Crippen LogP contribution in [0.3, 0.4) is 0 Å². The van der Waals surface area contributed by atoms with Crippen LogP contribution in [0.5, 0.6) is 0 Å². The number of amides is 5. The summed E-state index contributed by atoms with van der Waals surface area (Å²) in [6.45, 7) is 4.00. The second-order valence-corrected chi connectivity index (χ2v) is 30.6. The first-order valence-corrected chi connectivity index (χ1v) is 39.6. The Bertz CT molecular complexity index is 6880. The van der Waals surface area contributed by atoms with Crippen molar-refractivity contribution in [3.8, 4) is 90.1 Å². The Morgan fingerprint density at radius 2 is 0.567 bits per heavy atom. The number of carbonyl (C=O) groups excluding carboxylic acids is 5. The number of nitrogens with zero attached hydrogens (tertiary/aromatic N) is 8. The van der Waals surface area contributed by atoms with Gasteiger partial charge in [0.2, 0.25) is 29.5 Å². The molecule has 1 unspecified atom stereocenters. The van der Waals surface area contributed by atoms with E-state index in [-0.39, 0.29) is 16.0 Å². The van der Waals surface area contributed by atoms with Gasteiger partial charge >= 0.3 is 0 Å². The second kappa shape index (κ2) is 34.2. The highest BCUT2D eigenvalue weighted by Crippen LogP contribution is 2.52. The molecule has 0 saturated heterocycles. The van der Waals surface area contributed by atoms with E-state index in [1.54, 1.807) is 140 Å². The zero-order valence-electron chi connectivity index (χ0n) is 61.0. The van der Waals surface area contributed by atoms with Gasteiger partial charge in [0.15, 0.2) is 11.1 Å². The van der Waals surface area contributed by atoms with Gasteiger partial charge in [-0.15, -0.1) is 26.7 Å². The van der Waals surface area contributed by atoms with Crippen molar-refractivity contribution >= 4 is 188 Å². The fourth-order valence-electron chi connectivity index (χ4n) is 14.4. The van der Waals surface area contributed by atoms with Crippen molar-refractivity contribution in [1.82, 2.24) is 39.9 Å². The van der Waals surface area contributed by atoms with Crippen molar-refractivity contribution in [2.24, 2.45) is 34.6 Å². The summed E-state index contributed by atoms with van der Waals surface area (Å²) in [6, 6.07) is 50.6. The van der Waals surface area contributed by atoms with Crippen LogP contribution in [-0.2, 0) is 57.9 Å². The van der Waals surface area contributed by atoms with E-state index in [1.165, 1.54) is 0 Å². The van der Waals surface area contributed by atoms with Crippen LogP contribution < -0.4 is 34.6 Å². The van der Waals surface area contributed by atoms with Crippen molar-refractivity contribution in [3.05, 3.63) is 204 Å². The van der Waals surface area contributed by atoms with Gasteiger partial charge < -0.3 is 33.2 Å². The second-order valence-electron chi connectivity index (χ2n) is 25.8. The van der Waals surface area contributed by atoms with Gasteiger partial charge in [-0.3, -0.25) is 24.0 Å². The lowest BCUT2D eigenvalue weighted by molar-refractivity contribution is -0.432. The summed E-state index contributed by atoms with van der Waals surface area (Å²) in [7, 11) is 0. The van der Waals surface area contributed by atoms with Crippen molar-refractivity contribution in [3.63, 3.8) is 0 Å². The fourth-order valence-corrected chi connectivity index (χ4v) is 16.9.